The number of benzene rings is 1. The normalized spacial score (nSPS) is 11.1. The number of fused-ring (bicyclic) bond motifs is 1. The summed E-state index contributed by atoms with van der Waals surface area (Å²) in [7, 11) is 0. The highest BCUT2D eigenvalue weighted by Crippen LogP contribution is 2.14. The molecule has 3 rings (SSSR count). The van der Waals surface area contributed by atoms with Crippen molar-refractivity contribution in [3.05, 3.63) is 54.7 Å². The van der Waals surface area contributed by atoms with Gasteiger partial charge in [-0.05, 0) is 11.6 Å². The van der Waals surface area contributed by atoms with Gasteiger partial charge < -0.3 is 10.3 Å². The minimum Gasteiger partial charge on any atom is -0.345 e. The minimum absolute atomic E-state index is 0.653. The summed E-state index contributed by atoms with van der Waals surface area (Å²) in [6.07, 6.45) is 6.91. The second kappa shape index (κ2) is 4.67. The van der Waals surface area contributed by atoms with Crippen molar-refractivity contribution in [2.24, 2.45) is 0 Å². The zero-order valence-corrected chi connectivity index (χ0v) is 9.54. The molecule has 0 atom stereocenters. The van der Waals surface area contributed by atoms with Crippen molar-refractivity contribution in [1.82, 2.24) is 19.9 Å². The smallest absolute Gasteiger partial charge is 0.182 e. The second-order valence-electron chi connectivity index (χ2n) is 3.71. The molecule has 5 heteroatoms. The quantitative estimate of drug-likeness (QED) is 0.734. The van der Waals surface area contributed by atoms with E-state index in [1.165, 1.54) is 6.33 Å². The van der Waals surface area contributed by atoms with E-state index in [9.17, 15) is 0 Å². The third kappa shape index (κ3) is 2.06. The summed E-state index contributed by atoms with van der Waals surface area (Å²) in [6.45, 7) is 0. The van der Waals surface area contributed by atoms with Crippen LogP contribution in [-0.4, -0.2) is 19.9 Å². The highest BCUT2D eigenvalue weighted by Gasteiger charge is 2.02. The number of H-pyrrole nitrogens is 1. The summed E-state index contributed by atoms with van der Waals surface area (Å²) in [4.78, 5) is 15.3. The summed E-state index contributed by atoms with van der Waals surface area (Å²) in [5.41, 5.74) is 2.58. The van der Waals surface area contributed by atoms with Crippen molar-refractivity contribution in [1.29, 1.82) is 0 Å². The Kier molecular flexibility index (Phi) is 2.71. The van der Waals surface area contributed by atoms with Gasteiger partial charge in [-0.3, -0.25) is 0 Å². The van der Waals surface area contributed by atoms with Crippen LogP contribution in [0.3, 0.4) is 0 Å². The van der Waals surface area contributed by atoms with Crippen molar-refractivity contribution in [3.63, 3.8) is 0 Å². The largest absolute Gasteiger partial charge is 0.345 e. The standard InChI is InChI=1S/C13H11N5/c1-2-4-10(5-3-1)6-7-14-12-11-13(16-8-15-11)18-9-17-12/h1-9H,(H2,14,15,16,17,18). The molecule has 0 spiro atoms. The van der Waals surface area contributed by atoms with Gasteiger partial charge in [0.25, 0.3) is 0 Å². The van der Waals surface area contributed by atoms with Gasteiger partial charge in [0.05, 0.1) is 6.33 Å². The molecule has 88 valence electrons. The third-order valence-electron chi connectivity index (χ3n) is 2.52. The molecule has 0 bridgehead atoms. The molecule has 0 aliphatic heterocycles. The molecule has 0 amide bonds. The highest BCUT2D eigenvalue weighted by molar-refractivity contribution is 5.82. The monoisotopic (exact) mass is 237 g/mol. The number of nitrogens with one attached hydrogen (secondary N) is 2. The van der Waals surface area contributed by atoms with Gasteiger partial charge in [0, 0.05) is 6.20 Å². The molecule has 18 heavy (non-hydrogen) atoms. The lowest BCUT2D eigenvalue weighted by Gasteiger charge is -1.99. The third-order valence-corrected chi connectivity index (χ3v) is 2.52. The van der Waals surface area contributed by atoms with Crippen LogP contribution in [-0.2, 0) is 0 Å². The Labute approximate surface area is 104 Å². The molecule has 2 aromatic heterocycles. The molecule has 2 N–H and O–H groups in total. The molecule has 0 saturated carbocycles. The van der Waals surface area contributed by atoms with Gasteiger partial charge in [0.1, 0.15) is 11.8 Å². The maximum atomic E-state index is 4.17. The number of anilines is 1. The fraction of sp³-hybridized carbons (Fsp3) is 0. The van der Waals surface area contributed by atoms with Crippen molar-refractivity contribution in [2.45, 2.75) is 0 Å². The Balaban J connectivity index is 1.81. The van der Waals surface area contributed by atoms with E-state index < -0.39 is 0 Å². The maximum absolute atomic E-state index is 4.17. The average molecular weight is 237 g/mol. The Bertz CT molecular complexity index is 672. The lowest BCUT2D eigenvalue weighted by atomic mass is 10.2. The molecule has 0 fully saturated rings. The molecule has 0 aliphatic rings. The van der Waals surface area contributed by atoms with E-state index in [1.54, 1.807) is 6.33 Å². The predicted molar refractivity (Wildman–Crippen MR) is 70.8 cm³/mol. The van der Waals surface area contributed by atoms with E-state index in [-0.39, 0.29) is 0 Å². The van der Waals surface area contributed by atoms with Crippen LogP contribution in [0.2, 0.25) is 0 Å². The van der Waals surface area contributed by atoms with E-state index in [4.69, 9.17) is 0 Å². The lowest BCUT2D eigenvalue weighted by molar-refractivity contribution is 1.20. The first-order valence-electron chi connectivity index (χ1n) is 5.56. The number of rotatable bonds is 3. The number of imidazole rings is 1. The first kappa shape index (κ1) is 10.5. The summed E-state index contributed by atoms with van der Waals surface area (Å²) in [5, 5.41) is 3.12. The molecule has 0 unspecified atom stereocenters. The van der Waals surface area contributed by atoms with Gasteiger partial charge in [0.15, 0.2) is 11.5 Å². The Morgan fingerprint density at radius 2 is 1.94 bits per heavy atom. The van der Waals surface area contributed by atoms with Crippen LogP contribution in [0.15, 0.2) is 49.2 Å². The number of nitrogens with zero attached hydrogens (tertiary/aromatic N) is 3. The van der Waals surface area contributed by atoms with Crippen LogP contribution in [0, 0.1) is 0 Å². The van der Waals surface area contributed by atoms with Gasteiger partial charge in [-0.15, -0.1) is 0 Å². The van der Waals surface area contributed by atoms with Crippen LogP contribution < -0.4 is 5.32 Å². The highest BCUT2D eigenvalue weighted by atomic mass is 15.1. The first-order valence-corrected chi connectivity index (χ1v) is 5.56. The molecule has 5 nitrogen and oxygen atoms in total. The van der Waals surface area contributed by atoms with Gasteiger partial charge in [-0.1, -0.05) is 30.3 Å². The summed E-state index contributed by atoms with van der Waals surface area (Å²) in [6, 6.07) is 10.0. The van der Waals surface area contributed by atoms with Crippen LogP contribution >= 0.6 is 0 Å². The van der Waals surface area contributed by atoms with Crippen LogP contribution in [0.5, 0.6) is 0 Å². The van der Waals surface area contributed by atoms with Crippen molar-refractivity contribution < 1.29 is 0 Å². The fourth-order valence-electron chi connectivity index (χ4n) is 1.66. The number of hydrogen-bond acceptors (Lipinski definition) is 4. The van der Waals surface area contributed by atoms with E-state index in [0.29, 0.717) is 11.5 Å². The lowest BCUT2D eigenvalue weighted by Crippen LogP contribution is -1.93. The molecular formula is C13H11N5. The van der Waals surface area contributed by atoms with E-state index in [1.807, 2.05) is 42.6 Å². The summed E-state index contributed by atoms with van der Waals surface area (Å²) < 4.78 is 0. The van der Waals surface area contributed by atoms with Crippen molar-refractivity contribution in [3.8, 4) is 0 Å². The SMILES string of the molecule is C(=Cc1ccccc1)Nc1ncnc2nc[nH]c12. The van der Waals surface area contributed by atoms with E-state index >= 15 is 0 Å². The average Bonchev–Trinajstić information content (AvgIpc) is 2.89. The zero-order valence-electron chi connectivity index (χ0n) is 9.54. The molecule has 0 aliphatic carbocycles. The van der Waals surface area contributed by atoms with Gasteiger partial charge in [0.2, 0.25) is 0 Å². The zero-order chi connectivity index (χ0) is 12.2. The van der Waals surface area contributed by atoms with Crippen LogP contribution in [0.4, 0.5) is 5.82 Å². The van der Waals surface area contributed by atoms with Crippen LogP contribution in [0.25, 0.3) is 17.2 Å². The Morgan fingerprint density at radius 3 is 2.83 bits per heavy atom. The molecule has 0 saturated heterocycles. The van der Waals surface area contributed by atoms with Crippen molar-refractivity contribution in [2.75, 3.05) is 5.32 Å². The second-order valence-corrected chi connectivity index (χ2v) is 3.71. The topological polar surface area (TPSA) is 66.5 Å². The van der Waals surface area contributed by atoms with E-state index in [2.05, 4.69) is 25.3 Å². The molecular weight excluding hydrogens is 226 g/mol. The Hall–Kier alpha value is -2.69. The predicted octanol–water partition coefficient (Wildman–Crippen LogP) is 2.44. The van der Waals surface area contributed by atoms with Crippen LogP contribution in [0.1, 0.15) is 5.56 Å². The van der Waals surface area contributed by atoms with Gasteiger partial charge in [-0.2, -0.15) is 0 Å². The fourth-order valence-corrected chi connectivity index (χ4v) is 1.66. The molecule has 3 aromatic rings. The first-order chi connectivity index (χ1) is 8.93. The molecule has 0 radical (unpaired) electrons. The maximum Gasteiger partial charge on any atom is 0.182 e. The summed E-state index contributed by atoms with van der Waals surface area (Å²) in [5.74, 6) is 0.713. The number of hydrogen-bond donors (Lipinski definition) is 2. The Morgan fingerprint density at radius 1 is 1.06 bits per heavy atom. The van der Waals surface area contributed by atoms with Gasteiger partial charge >= 0.3 is 0 Å². The van der Waals surface area contributed by atoms with Crippen molar-refractivity contribution >= 4 is 23.1 Å². The number of aromatic nitrogens is 4. The molecule has 1 aromatic carbocycles. The van der Waals surface area contributed by atoms with Gasteiger partial charge in [-0.25, -0.2) is 15.0 Å². The minimum atomic E-state index is 0.653. The van der Waals surface area contributed by atoms with E-state index in [0.717, 1.165) is 11.1 Å². The number of aromatic amines is 1. The summed E-state index contributed by atoms with van der Waals surface area (Å²) >= 11 is 0. The molecule has 2 heterocycles.